The van der Waals surface area contributed by atoms with E-state index in [1.165, 1.54) is 0 Å². The third-order valence-corrected chi connectivity index (χ3v) is 8.08. The Morgan fingerprint density at radius 1 is 1.03 bits per heavy atom. The molecule has 184 valence electrons. The summed E-state index contributed by atoms with van der Waals surface area (Å²) < 4.78 is 61.6. The van der Waals surface area contributed by atoms with Crippen LogP contribution in [0.4, 0.5) is 23.2 Å². The molecule has 7 nitrogen and oxygen atoms in total. The predicted molar refractivity (Wildman–Crippen MR) is 116 cm³/mol. The molecule has 3 aromatic rings. The molecule has 3 saturated carbocycles. The number of aliphatic hydroxyl groups excluding tert-OH is 1. The van der Waals surface area contributed by atoms with E-state index in [1.807, 2.05) is 29.2 Å². The summed E-state index contributed by atoms with van der Waals surface area (Å²) in [5, 5.41) is 31.3. The Hall–Kier alpha value is -3.05. The van der Waals surface area contributed by atoms with Crippen molar-refractivity contribution in [3.8, 4) is 0 Å². The van der Waals surface area contributed by atoms with Crippen molar-refractivity contribution in [2.45, 2.75) is 48.8 Å². The largest absolute Gasteiger partial charge is 0.389 e. The van der Waals surface area contributed by atoms with Crippen molar-refractivity contribution in [1.82, 2.24) is 20.2 Å². The quantitative estimate of drug-likeness (QED) is 0.497. The molecule has 0 spiro atoms. The highest BCUT2D eigenvalue weighted by atomic mass is 19.3. The van der Waals surface area contributed by atoms with Crippen LogP contribution in [0.5, 0.6) is 0 Å². The molecule has 4 fully saturated rings. The topological polar surface area (TPSA) is 87.3 Å². The van der Waals surface area contributed by atoms with Crippen LogP contribution in [0.15, 0.2) is 48.8 Å². The zero-order chi connectivity index (χ0) is 24.6. The number of aliphatic hydroxyl groups is 2. The van der Waals surface area contributed by atoms with Crippen molar-refractivity contribution < 1.29 is 27.8 Å². The summed E-state index contributed by atoms with van der Waals surface area (Å²) in [6.45, 7) is 0.347. The second-order valence-corrected chi connectivity index (χ2v) is 10.3. The Balaban J connectivity index is 1.28. The Kier molecular flexibility index (Phi) is 4.63. The second kappa shape index (κ2) is 7.23. The molecule has 4 aliphatic rings. The Morgan fingerprint density at radius 2 is 1.71 bits per heavy atom. The summed E-state index contributed by atoms with van der Waals surface area (Å²) in [5.41, 5.74) is -3.73. The van der Waals surface area contributed by atoms with E-state index in [1.54, 1.807) is 0 Å². The van der Waals surface area contributed by atoms with Crippen LogP contribution < -0.4 is 4.90 Å². The molecule has 2 bridgehead atoms. The molecule has 11 heteroatoms. The highest BCUT2D eigenvalue weighted by Gasteiger charge is 2.82. The number of aromatic nitrogens is 4. The van der Waals surface area contributed by atoms with E-state index < -0.39 is 46.1 Å². The molecule has 2 heterocycles. The molecule has 0 unspecified atom stereocenters. The highest BCUT2D eigenvalue weighted by Crippen LogP contribution is 2.80. The van der Waals surface area contributed by atoms with Crippen molar-refractivity contribution in [1.29, 1.82) is 0 Å². The molecule has 1 saturated heterocycles. The molecule has 1 aliphatic heterocycles. The van der Waals surface area contributed by atoms with Crippen LogP contribution in [0.25, 0.3) is 0 Å². The first-order chi connectivity index (χ1) is 16.6. The van der Waals surface area contributed by atoms with Gasteiger partial charge in [-0.3, -0.25) is 0 Å². The maximum atomic E-state index is 16.2. The molecule has 7 rings (SSSR count). The number of β-amino-alcohol motifs (C(OH)–C–C–N with tert-alkyl or cyclic N) is 1. The monoisotopic (exact) mass is 489 g/mol. The number of hydrogen-bond acceptors (Lipinski definition) is 6. The summed E-state index contributed by atoms with van der Waals surface area (Å²) in [5.74, 6) is -5.94. The van der Waals surface area contributed by atoms with Gasteiger partial charge in [0.1, 0.15) is 18.0 Å². The zero-order valence-electron chi connectivity index (χ0n) is 18.6. The van der Waals surface area contributed by atoms with Gasteiger partial charge in [-0.05, 0) is 64.9 Å². The SMILES string of the molecule is OC1CN(c2ccc(C34CC(C(F)(F)[C@@](O)(Cn5cnnn5)c5ccc(F)cc5F)(C3)C4)cc2)C1. The molecular formula is C24H23F4N5O2. The summed E-state index contributed by atoms with van der Waals surface area (Å²) >= 11 is 0. The standard InChI is InChI=1S/C24H23F4N5O2/c25-16-3-6-19(20(26)7-16)23(35,13-33-14-29-30-31-33)24(27,28)22-10-21(11-22,12-22)15-1-4-17(5-2-15)32-8-18(34)9-32/h1-7,14,18,34-35H,8-13H2/t21?,22?,23-/m1/s1. The van der Waals surface area contributed by atoms with E-state index in [2.05, 4.69) is 15.5 Å². The lowest BCUT2D eigenvalue weighted by Gasteiger charge is -2.74. The average Bonchev–Trinajstić information content (AvgIpc) is 3.22. The van der Waals surface area contributed by atoms with Crippen LogP contribution in [-0.4, -0.2) is 55.5 Å². The number of alkyl halides is 2. The first kappa shape index (κ1) is 22.4. The van der Waals surface area contributed by atoms with E-state index in [0.29, 0.717) is 19.2 Å². The number of tetrazole rings is 1. The number of benzene rings is 2. The van der Waals surface area contributed by atoms with Crippen LogP contribution in [0.2, 0.25) is 0 Å². The highest BCUT2D eigenvalue weighted by molar-refractivity contribution is 5.53. The van der Waals surface area contributed by atoms with Crippen LogP contribution in [0.1, 0.15) is 30.4 Å². The second-order valence-electron chi connectivity index (χ2n) is 10.3. The Labute approximate surface area is 198 Å². The number of anilines is 1. The first-order valence-corrected chi connectivity index (χ1v) is 11.4. The lowest BCUT2D eigenvalue weighted by atomic mass is 9.30. The van der Waals surface area contributed by atoms with Crippen LogP contribution >= 0.6 is 0 Å². The Morgan fingerprint density at radius 3 is 2.29 bits per heavy atom. The molecule has 2 N–H and O–H groups in total. The number of nitrogens with zero attached hydrogens (tertiary/aromatic N) is 5. The van der Waals surface area contributed by atoms with Gasteiger partial charge in [0.05, 0.1) is 12.6 Å². The van der Waals surface area contributed by atoms with Crippen molar-refractivity contribution in [2.24, 2.45) is 5.41 Å². The van der Waals surface area contributed by atoms with Gasteiger partial charge in [0.25, 0.3) is 5.92 Å². The average molecular weight is 489 g/mol. The van der Waals surface area contributed by atoms with Crippen LogP contribution in [0, 0.1) is 17.0 Å². The Bertz CT molecular complexity index is 1240. The minimum absolute atomic E-state index is 0.134. The van der Waals surface area contributed by atoms with Crippen molar-refractivity contribution in [2.75, 3.05) is 18.0 Å². The maximum absolute atomic E-state index is 16.2. The summed E-state index contributed by atoms with van der Waals surface area (Å²) in [7, 11) is 0. The fraction of sp³-hybridized carbons (Fsp3) is 0.458. The number of hydrogen-bond donors (Lipinski definition) is 2. The normalized spacial score (nSPS) is 27.5. The molecule has 35 heavy (non-hydrogen) atoms. The molecule has 3 aliphatic carbocycles. The van der Waals surface area contributed by atoms with E-state index in [9.17, 15) is 19.0 Å². The van der Waals surface area contributed by atoms with E-state index in [4.69, 9.17) is 0 Å². The van der Waals surface area contributed by atoms with Gasteiger partial charge in [-0.15, -0.1) is 5.10 Å². The minimum atomic E-state index is -3.75. The molecule has 0 amide bonds. The zero-order valence-corrected chi connectivity index (χ0v) is 18.6. The van der Waals surface area contributed by atoms with Gasteiger partial charge < -0.3 is 15.1 Å². The van der Waals surface area contributed by atoms with Crippen LogP contribution in [0.3, 0.4) is 0 Å². The van der Waals surface area contributed by atoms with Gasteiger partial charge in [-0.1, -0.05) is 12.1 Å². The lowest BCUT2D eigenvalue weighted by molar-refractivity contribution is -0.347. The van der Waals surface area contributed by atoms with Crippen molar-refractivity contribution in [3.63, 3.8) is 0 Å². The molecule has 2 aromatic carbocycles. The van der Waals surface area contributed by atoms with Gasteiger partial charge in [0.15, 0.2) is 5.60 Å². The third kappa shape index (κ3) is 3.07. The van der Waals surface area contributed by atoms with E-state index >= 15 is 8.78 Å². The molecular weight excluding hydrogens is 466 g/mol. The molecule has 1 aromatic heterocycles. The fourth-order valence-electron chi connectivity index (χ4n) is 6.22. The molecule has 1 atom stereocenters. The lowest BCUT2D eigenvalue weighted by Crippen LogP contribution is -2.76. The van der Waals surface area contributed by atoms with E-state index in [-0.39, 0.29) is 25.4 Å². The first-order valence-electron chi connectivity index (χ1n) is 11.4. The van der Waals surface area contributed by atoms with Crippen molar-refractivity contribution >= 4 is 5.69 Å². The van der Waals surface area contributed by atoms with Gasteiger partial charge in [0.2, 0.25) is 0 Å². The van der Waals surface area contributed by atoms with E-state index in [0.717, 1.165) is 34.4 Å². The predicted octanol–water partition coefficient (Wildman–Crippen LogP) is 2.78. The fourth-order valence-corrected chi connectivity index (χ4v) is 6.22. The summed E-state index contributed by atoms with van der Waals surface area (Å²) in [6, 6.07) is 9.89. The summed E-state index contributed by atoms with van der Waals surface area (Å²) in [6.07, 6.45) is 1.14. The number of rotatable bonds is 7. The minimum Gasteiger partial charge on any atom is -0.389 e. The number of halogens is 4. The van der Waals surface area contributed by atoms with Crippen LogP contribution in [-0.2, 0) is 17.6 Å². The summed E-state index contributed by atoms with van der Waals surface area (Å²) in [4.78, 5) is 2.03. The van der Waals surface area contributed by atoms with Gasteiger partial charge >= 0.3 is 0 Å². The van der Waals surface area contributed by atoms with Crippen molar-refractivity contribution in [3.05, 3.63) is 71.6 Å². The third-order valence-electron chi connectivity index (χ3n) is 8.08. The molecule has 0 radical (unpaired) electrons. The maximum Gasteiger partial charge on any atom is 0.287 e. The smallest absolute Gasteiger partial charge is 0.287 e. The van der Waals surface area contributed by atoms with Gasteiger partial charge in [-0.2, -0.15) is 0 Å². The van der Waals surface area contributed by atoms with Gasteiger partial charge in [0, 0.05) is 35.8 Å². The van der Waals surface area contributed by atoms with Gasteiger partial charge in [-0.25, -0.2) is 22.2 Å².